The molecule has 3 N–H and O–H groups in total. The first kappa shape index (κ1) is 14.9. The van der Waals surface area contributed by atoms with E-state index < -0.39 is 10.7 Å². The molecular formula is C12H16FN3O3. The van der Waals surface area contributed by atoms with Crippen molar-refractivity contribution in [2.75, 3.05) is 6.61 Å². The van der Waals surface area contributed by atoms with Gasteiger partial charge in [0, 0.05) is 12.0 Å². The Bertz CT molecular complexity index is 491. The summed E-state index contributed by atoms with van der Waals surface area (Å²) in [5.41, 5.74) is 5.28. The summed E-state index contributed by atoms with van der Waals surface area (Å²) in [6.07, 6.45) is 1.79. The van der Waals surface area contributed by atoms with Gasteiger partial charge in [-0.05, 0) is 25.8 Å². The molecular weight excluding hydrogens is 253 g/mol. The van der Waals surface area contributed by atoms with Gasteiger partial charge < -0.3 is 10.5 Å². The Morgan fingerprint density at radius 1 is 1.53 bits per heavy atom. The molecule has 104 valence electrons. The van der Waals surface area contributed by atoms with Crippen LogP contribution in [0.5, 0.6) is 5.75 Å². The van der Waals surface area contributed by atoms with Gasteiger partial charge in [0.1, 0.15) is 0 Å². The number of ether oxygens (including phenoxy) is 1. The molecule has 0 amide bonds. The number of nitro benzene ring substituents is 1. The molecule has 0 aliphatic rings. The highest BCUT2D eigenvalue weighted by Gasteiger charge is 2.16. The normalized spacial score (nSPS) is 10.2. The average molecular weight is 269 g/mol. The highest BCUT2D eigenvalue weighted by molar-refractivity contribution is 5.76. The maximum absolute atomic E-state index is 13.5. The zero-order valence-electron chi connectivity index (χ0n) is 10.6. The minimum Gasteiger partial charge on any atom is -0.491 e. The molecule has 0 aromatic heterocycles. The Balaban J connectivity index is 2.57. The fourth-order valence-electron chi connectivity index (χ4n) is 1.55. The molecule has 0 heterocycles. The number of nitrogens with two attached hydrogens (primary N) is 1. The van der Waals surface area contributed by atoms with Crippen LogP contribution >= 0.6 is 0 Å². The third kappa shape index (κ3) is 4.53. The van der Waals surface area contributed by atoms with Crippen molar-refractivity contribution < 1.29 is 14.1 Å². The lowest BCUT2D eigenvalue weighted by atomic mass is 10.2. The molecule has 0 aliphatic heterocycles. The van der Waals surface area contributed by atoms with Gasteiger partial charge in [-0.25, -0.2) is 4.39 Å². The van der Waals surface area contributed by atoms with Crippen molar-refractivity contribution >= 4 is 11.5 Å². The lowest BCUT2D eigenvalue weighted by Crippen LogP contribution is -2.09. The van der Waals surface area contributed by atoms with Gasteiger partial charge in [-0.3, -0.25) is 15.5 Å². The summed E-state index contributed by atoms with van der Waals surface area (Å²) < 4.78 is 18.8. The van der Waals surface area contributed by atoms with Crippen LogP contribution in [0.3, 0.4) is 0 Å². The highest BCUT2D eigenvalue weighted by Crippen LogP contribution is 2.27. The van der Waals surface area contributed by atoms with E-state index in [9.17, 15) is 14.5 Å². The molecule has 7 heteroatoms. The molecule has 0 saturated heterocycles. The molecule has 0 fully saturated rings. The van der Waals surface area contributed by atoms with E-state index in [0.29, 0.717) is 24.8 Å². The number of halogens is 1. The van der Waals surface area contributed by atoms with Crippen LogP contribution in [0.4, 0.5) is 10.1 Å². The van der Waals surface area contributed by atoms with Crippen molar-refractivity contribution in [1.82, 2.24) is 0 Å². The molecule has 6 nitrogen and oxygen atoms in total. The van der Waals surface area contributed by atoms with E-state index in [4.69, 9.17) is 15.9 Å². The lowest BCUT2D eigenvalue weighted by Gasteiger charge is -2.08. The highest BCUT2D eigenvalue weighted by atomic mass is 19.1. The predicted octanol–water partition coefficient (Wildman–Crippen LogP) is 2.53. The van der Waals surface area contributed by atoms with Crippen LogP contribution in [0.2, 0.25) is 0 Å². The van der Waals surface area contributed by atoms with E-state index in [1.807, 2.05) is 0 Å². The number of benzene rings is 1. The van der Waals surface area contributed by atoms with Gasteiger partial charge in [0.05, 0.1) is 23.4 Å². The number of hydrogen-bond acceptors (Lipinski definition) is 4. The molecule has 0 atom stereocenters. The van der Waals surface area contributed by atoms with E-state index in [1.165, 1.54) is 13.0 Å². The summed E-state index contributed by atoms with van der Waals surface area (Å²) in [6, 6.07) is 2.18. The van der Waals surface area contributed by atoms with Crippen LogP contribution in [0.25, 0.3) is 0 Å². The zero-order chi connectivity index (χ0) is 14.4. The van der Waals surface area contributed by atoms with Gasteiger partial charge in [-0.1, -0.05) is 0 Å². The van der Waals surface area contributed by atoms with Crippen LogP contribution in [0, 0.1) is 28.3 Å². The fraction of sp³-hybridized carbons (Fsp3) is 0.417. The summed E-state index contributed by atoms with van der Waals surface area (Å²) in [5, 5.41) is 17.6. The van der Waals surface area contributed by atoms with Crippen molar-refractivity contribution in [3.05, 3.63) is 33.6 Å². The van der Waals surface area contributed by atoms with Crippen molar-refractivity contribution in [1.29, 1.82) is 5.41 Å². The maximum Gasteiger partial charge on any atom is 0.275 e. The number of hydrogen-bond donors (Lipinski definition) is 2. The standard InChI is InChI=1S/C12H16FN3O3/c1-8-6-11(9(13)7-10(8)16(17)18)19-5-3-2-4-12(14)15/h6-7H,2-5H2,1H3,(H3,14,15). The van der Waals surface area contributed by atoms with E-state index >= 15 is 0 Å². The number of amidine groups is 1. The zero-order valence-corrected chi connectivity index (χ0v) is 10.6. The molecule has 0 unspecified atom stereocenters. The van der Waals surface area contributed by atoms with Gasteiger partial charge in [-0.15, -0.1) is 0 Å². The first-order valence-corrected chi connectivity index (χ1v) is 5.82. The maximum atomic E-state index is 13.5. The summed E-state index contributed by atoms with van der Waals surface area (Å²) in [5.74, 6) is -0.632. The Labute approximate surface area is 110 Å². The van der Waals surface area contributed by atoms with Crippen LogP contribution in [0.15, 0.2) is 12.1 Å². The van der Waals surface area contributed by atoms with E-state index in [0.717, 1.165) is 6.07 Å². The van der Waals surface area contributed by atoms with Crippen LogP contribution in [-0.2, 0) is 0 Å². The second-order valence-electron chi connectivity index (χ2n) is 4.16. The third-order valence-corrected chi connectivity index (χ3v) is 2.55. The van der Waals surface area contributed by atoms with Gasteiger partial charge in [0.25, 0.3) is 5.69 Å². The number of unbranched alkanes of at least 4 members (excludes halogenated alkanes) is 1. The minimum absolute atomic E-state index is 0.00549. The predicted molar refractivity (Wildman–Crippen MR) is 69.1 cm³/mol. The van der Waals surface area contributed by atoms with Gasteiger partial charge in [0.2, 0.25) is 0 Å². The van der Waals surface area contributed by atoms with E-state index in [2.05, 4.69) is 0 Å². The quantitative estimate of drug-likeness (QED) is 0.261. The molecule has 1 aromatic rings. The summed E-state index contributed by atoms with van der Waals surface area (Å²) in [6.45, 7) is 1.81. The number of rotatable bonds is 7. The Kier molecular flexibility index (Phi) is 5.23. The van der Waals surface area contributed by atoms with Gasteiger partial charge in [-0.2, -0.15) is 0 Å². The second-order valence-corrected chi connectivity index (χ2v) is 4.16. The molecule has 0 aliphatic carbocycles. The number of nitrogens with zero attached hydrogens (tertiary/aromatic N) is 1. The molecule has 1 aromatic carbocycles. The summed E-state index contributed by atoms with van der Waals surface area (Å²) >= 11 is 0. The fourth-order valence-corrected chi connectivity index (χ4v) is 1.55. The number of nitro groups is 1. The molecule has 1 rings (SSSR count). The molecule has 19 heavy (non-hydrogen) atoms. The number of nitrogens with one attached hydrogen (secondary N) is 1. The lowest BCUT2D eigenvalue weighted by molar-refractivity contribution is -0.385. The third-order valence-electron chi connectivity index (χ3n) is 2.55. The summed E-state index contributed by atoms with van der Waals surface area (Å²) in [4.78, 5) is 9.98. The Morgan fingerprint density at radius 2 is 2.21 bits per heavy atom. The van der Waals surface area contributed by atoms with Crippen LogP contribution < -0.4 is 10.5 Å². The van der Waals surface area contributed by atoms with Crippen molar-refractivity contribution in [3.63, 3.8) is 0 Å². The molecule has 0 bridgehead atoms. The van der Waals surface area contributed by atoms with Crippen molar-refractivity contribution in [3.8, 4) is 5.75 Å². The SMILES string of the molecule is Cc1cc(OCCCCC(=N)N)c(F)cc1[N+](=O)[O-]. The van der Waals surface area contributed by atoms with Crippen LogP contribution in [-0.4, -0.2) is 17.4 Å². The molecule has 0 radical (unpaired) electrons. The number of aryl methyl sites for hydroxylation is 1. The second kappa shape index (κ2) is 6.67. The molecule has 0 spiro atoms. The Morgan fingerprint density at radius 3 is 2.79 bits per heavy atom. The van der Waals surface area contributed by atoms with E-state index in [1.54, 1.807) is 0 Å². The minimum atomic E-state index is -0.746. The first-order valence-electron chi connectivity index (χ1n) is 5.82. The molecule has 0 saturated carbocycles. The smallest absolute Gasteiger partial charge is 0.275 e. The van der Waals surface area contributed by atoms with Crippen LogP contribution in [0.1, 0.15) is 24.8 Å². The average Bonchev–Trinajstić information content (AvgIpc) is 2.31. The largest absolute Gasteiger partial charge is 0.491 e. The monoisotopic (exact) mass is 269 g/mol. The van der Waals surface area contributed by atoms with Gasteiger partial charge >= 0.3 is 0 Å². The Hall–Kier alpha value is -2.18. The topological polar surface area (TPSA) is 102 Å². The summed E-state index contributed by atoms with van der Waals surface area (Å²) in [7, 11) is 0. The van der Waals surface area contributed by atoms with E-state index in [-0.39, 0.29) is 23.9 Å². The first-order chi connectivity index (χ1) is 8.91. The van der Waals surface area contributed by atoms with Gasteiger partial charge in [0.15, 0.2) is 11.6 Å². The van der Waals surface area contributed by atoms with Crippen molar-refractivity contribution in [2.24, 2.45) is 5.73 Å². The van der Waals surface area contributed by atoms with Crippen molar-refractivity contribution in [2.45, 2.75) is 26.2 Å².